The van der Waals surface area contributed by atoms with Crippen LogP contribution in [0.1, 0.15) is 16.1 Å². The largest absolute Gasteiger partial charge is 0.344 e. The van der Waals surface area contributed by atoms with Crippen molar-refractivity contribution in [3.63, 3.8) is 0 Å². The van der Waals surface area contributed by atoms with Crippen LogP contribution in [0.25, 0.3) is 0 Å². The summed E-state index contributed by atoms with van der Waals surface area (Å²) in [6.07, 6.45) is 0. The number of aromatic nitrogens is 1. The van der Waals surface area contributed by atoms with Gasteiger partial charge >= 0.3 is 0 Å². The summed E-state index contributed by atoms with van der Waals surface area (Å²) in [5, 5.41) is 9.36. The van der Waals surface area contributed by atoms with Gasteiger partial charge in [-0.3, -0.25) is 5.43 Å². The van der Waals surface area contributed by atoms with E-state index in [1.807, 2.05) is 77.8 Å². The van der Waals surface area contributed by atoms with Gasteiger partial charge in [-0.2, -0.15) is 0 Å². The number of hydrazone groups is 1. The van der Waals surface area contributed by atoms with E-state index in [9.17, 15) is 0 Å². The van der Waals surface area contributed by atoms with Crippen LogP contribution in [0.15, 0.2) is 65.8 Å². The molecule has 2 aromatic carbocycles. The van der Waals surface area contributed by atoms with Crippen LogP contribution in [-0.2, 0) is 0 Å². The Kier molecular flexibility index (Phi) is 4.69. The van der Waals surface area contributed by atoms with E-state index in [-0.39, 0.29) is 6.15 Å². The van der Waals surface area contributed by atoms with E-state index in [0.717, 1.165) is 27.9 Å². The zero-order valence-corrected chi connectivity index (χ0v) is 15.0. The predicted octanol–water partition coefficient (Wildman–Crippen LogP) is 4.03. The van der Waals surface area contributed by atoms with Crippen LogP contribution in [0, 0.1) is 13.8 Å². The molecule has 2 heterocycles. The molecule has 0 unspecified atom stereocenters. The average Bonchev–Trinajstić information content (AvgIpc) is 3.21. The molecule has 4 rings (SSSR count). The monoisotopic (exact) mass is 352 g/mol. The van der Waals surface area contributed by atoms with Crippen molar-refractivity contribution in [1.29, 1.82) is 0 Å². The molecule has 4 N–H and O–H groups in total. The molecule has 1 aliphatic heterocycles. The molecule has 0 saturated carbocycles. The lowest BCUT2D eigenvalue weighted by Crippen LogP contribution is -2.44. The summed E-state index contributed by atoms with van der Waals surface area (Å²) >= 11 is 1.64. The highest BCUT2D eigenvalue weighted by Gasteiger charge is 2.28. The van der Waals surface area contributed by atoms with Crippen LogP contribution in [0.5, 0.6) is 0 Å². The minimum atomic E-state index is 0. The fraction of sp³-hybridized carbons (Fsp3) is 0.111. The Balaban J connectivity index is 0.00000182. The number of anilines is 2. The molecule has 25 heavy (non-hydrogen) atoms. The topological polar surface area (TPSA) is 78.8 Å². The van der Waals surface area contributed by atoms with Crippen LogP contribution in [0.4, 0.5) is 10.8 Å². The van der Waals surface area contributed by atoms with Gasteiger partial charge in [-0.25, -0.2) is 4.98 Å². The molecule has 7 heteroatoms. The number of hydrogen-bond acceptors (Lipinski definition) is 7. The molecule has 0 fully saturated rings. The van der Waals surface area contributed by atoms with Gasteiger partial charge in [0.05, 0.1) is 11.4 Å². The summed E-state index contributed by atoms with van der Waals surface area (Å²) in [4.78, 5) is 5.86. The lowest BCUT2D eigenvalue weighted by Gasteiger charge is -2.25. The van der Waals surface area contributed by atoms with Gasteiger partial charge in [0.15, 0.2) is 5.84 Å². The van der Waals surface area contributed by atoms with E-state index in [1.165, 1.54) is 4.88 Å². The first-order valence-electron chi connectivity index (χ1n) is 7.72. The van der Waals surface area contributed by atoms with Crippen molar-refractivity contribution < 1.29 is 0 Å². The lowest BCUT2D eigenvalue weighted by molar-refractivity contribution is 0.765. The van der Waals surface area contributed by atoms with Crippen molar-refractivity contribution in [2.45, 2.75) is 13.8 Å². The third-order valence-corrected chi connectivity index (χ3v) is 4.88. The maximum absolute atomic E-state index is 4.76. The van der Waals surface area contributed by atoms with E-state index in [2.05, 4.69) is 17.3 Å². The normalized spacial score (nSPS) is 13.3. The molecule has 0 radical (unpaired) electrons. The Morgan fingerprint density at radius 2 is 1.56 bits per heavy atom. The number of thiazole rings is 1. The summed E-state index contributed by atoms with van der Waals surface area (Å²) in [6, 6.07) is 20.1. The molecule has 0 atom stereocenters. The number of rotatable bonds is 3. The van der Waals surface area contributed by atoms with Crippen LogP contribution in [0.2, 0.25) is 0 Å². The van der Waals surface area contributed by atoms with E-state index < -0.39 is 0 Å². The SMILES string of the molecule is Cc1nc(N2NC(c3ccccc3)=NN2c2ccccc2)sc1C.N. The molecule has 0 saturated heterocycles. The molecule has 0 spiro atoms. The van der Waals surface area contributed by atoms with Crippen molar-refractivity contribution in [2.75, 3.05) is 10.2 Å². The third-order valence-electron chi connectivity index (χ3n) is 3.83. The highest BCUT2D eigenvalue weighted by atomic mass is 32.1. The van der Waals surface area contributed by atoms with Crippen molar-refractivity contribution in [3.05, 3.63) is 76.8 Å². The minimum Gasteiger partial charge on any atom is -0.344 e. The first kappa shape index (κ1) is 16.9. The molecule has 0 aliphatic carbocycles. The van der Waals surface area contributed by atoms with E-state index in [1.54, 1.807) is 11.3 Å². The second-order valence-electron chi connectivity index (χ2n) is 5.50. The van der Waals surface area contributed by atoms with Gasteiger partial charge in [0.1, 0.15) is 0 Å². The Morgan fingerprint density at radius 1 is 0.920 bits per heavy atom. The molecule has 1 aromatic heterocycles. The zero-order valence-electron chi connectivity index (χ0n) is 14.2. The zero-order chi connectivity index (χ0) is 16.5. The van der Waals surface area contributed by atoms with Crippen LogP contribution >= 0.6 is 11.3 Å². The fourth-order valence-corrected chi connectivity index (χ4v) is 3.30. The Morgan fingerprint density at radius 3 is 2.16 bits per heavy atom. The number of amidine groups is 1. The number of para-hydroxylation sites is 1. The van der Waals surface area contributed by atoms with Crippen LogP contribution in [-0.4, -0.2) is 10.8 Å². The summed E-state index contributed by atoms with van der Waals surface area (Å²) in [6.45, 7) is 4.11. The standard InChI is InChI=1S/C18H17N5S.H3N/c1-13-14(2)24-18(19-13)23-21-17(15-9-5-3-6-10-15)20-22(23)16-11-7-4-8-12-16;/h3-12H,1-2H3,(H,20,21);1H3. The van der Waals surface area contributed by atoms with E-state index in [0.29, 0.717) is 0 Å². The predicted molar refractivity (Wildman–Crippen MR) is 104 cm³/mol. The molecule has 0 amide bonds. The quantitative estimate of drug-likeness (QED) is 0.744. The van der Waals surface area contributed by atoms with Crippen molar-refractivity contribution >= 4 is 28.0 Å². The first-order valence-corrected chi connectivity index (χ1v) is 8.54. The summed E-state index contributed by atoms with van der Waals surface area (Å²) < 4.78 is 0. The highest BCUT2D eigenvalue weighted by molar-refractivity contribution is 7.15. The first-order chi connectivity index (χ1) is 11.7. The van der Waals surface area contributed by atoms with Crippen molar-refractivity contribution in [1.82, 2.24) is 16.6 Å². The Hall–Kier alpha value is -2.90. The van der Waals surface area contributed by atoms with E-state index >= 15 is 0 Å². The molecular formula is C18H20N6S. The van der Waals surface area contributed by atoms with Crippen LogP contribution < -0.4 is 21.8 Å². The summed E-state index contributed by atoms with van der Waals surface area (Å²) in [7, 11) is 0. The Bertz CT molecular complexity index is 856. The molecule has 128 valence electrons. The van der Waals surface area contributed by atoms with E-state index in [4.69, 9.17) is 5.10 Å². The van der Waals surface area contributed by atoms with Gasteiger partial charge in [-0.05, 0) is 26.0 Å². The van der Waals surface area contributed by atoms with Gasteiger partial charge < -0.3 is 6.15 Å². The molecular weight excluding hydrogens is 332 g/mol. The second-order valence-corrected chi connectivity index (χ2v) is 6.68. The minimum absolute atomic E-state index is 0. The van der Waals surface area contributed by atoms with Gasteiger partial charge in [-0.1, -0.05) is 59.9 Å². The highest BCUT2D eigenvalue weighted by Crippen LogP contribution is 2.30. The lowest BCUT2D eigenvalue weighted by atomic mass is 10.2. The number of hydrazine groups is 2. The fourth-order valence-electron chi connectivity index (χ4n) is 2.44. The molecule has 0 bridgehead atoms. The van der Waals surface area contributed by atoms with Gasteiger partial charge in [0.25, 0.3) is 0 Å². The number of aryl methyl sites for hydroxylation is 2. The summed E-state index contributed by atoms with van der Waals surface area (Å²) in [5.74, 6) is 0.796. The number of nitrogens with zero attached hydrogens (tertiary/aromatic N) is 4. The number of nitrogens with one attached hydrogen (secondary N) is 1. The maximum Gasteiger partial charge on any atom is 0.228 e. The average molecular weight is 352 g/mol. The van der Waals surface area contributed by atoms with Crippen LogP contribution in [0.3, 0.4) is 0 Å². The van der Waals surface area contributed by atoms with Crippen molar-refractivity contribution in [2.24, 2.45) is 5.10 Å². The number of benzene rings is 2. The maximum atomic E-state index is 4.76. The van der Waals surface area contributed by atoms with Gasteiger partial charge in [-0.15, -0.1) is 15.3 Å². The third kappa shape index (κ3) is 3.19. The molecule has 6 nitrogen and oxygen atoms in total. The van der Waals surface area contributed by atoms with Crippen molar-refractivity contribution in [3.8, 4) is 0 Å². The van der Waals surface area contributed by atoms with Gasteiger partial charge in [0.2, 0.25) is 5.13 Å². The Labute approximate surface area is 151 Å². The smallest absolute Gasteiger partial charge is 0.228 e. The number of hydrogen-bond donors (Lipinski definition) is 2. The molecule has 3 aromatic rings. The second kappa shape index (κ2) is 6.92. The summed E-state index contributed by atoms with van der Waals surface area (Å²) in [5.41, 5.74) is 6.42. The molecule has 1 aliphatic rings. The van der Waals surface area contributed by atoms with Gasteiger partial charge in [0, 0.05) is 10.4 Å².